The second-order valence-electron chi connectivity index (χ2n) is 8.61. The molecule has 0 N–H and O–H groups in total. The van der Waals surface area contributed by atoms with E-state index >= 15 is 0 Å². The molecule has 154 valence electrons. The van der Waals surface area contributed by atoms with Gasteiger partial charge in [-0.2, -0.15) is 0 Å². The molecule has 2 aliphatic carbocycles. The molecule has 0 heterocycles. The summed E-state index contributed by atoms with van der Waals surface area (Å²) in [5.74, 6) is 0.138. The van der Waals surface area contributed by atoms with E-state index in [0.717, 1.165) is 62.0 Å². The fourth-order valence-corrected chi connectivity index (χ4v) is 5.07. The fraction of sp³-hybridized carbons (Fsp3) is 0.625. The molecular formula is C24H32F2O2. The lowest BCUT2D eigenvalue weighted by Gasteiger charge is -2.37. The summed E-state index contributed by atoms with van der Waals surface area (Å²) in [6.45, 7) is 3.80. The third-order valence-electron chi connectivity index (χ3n) is 6.79. The summed E-state index contributed by atoms with van der Waals surface area (Å²) in [5.41, 5.74) is 0. The van der Waals surface area contributed by atoms with Crippen LogP contribution in [0.25, 0.3) is 0 Å². The quantitative estimate of drug-likeness (QED) is 0.220. The maximum absolute atomic E-state index is 13.3. The van der Waals surface area contributed by atoms with Crippen molar-refractivity contribution in [2.24, 2.45) is 23.7 Å². The number of allylic oxidation sites excluding steroid dienone is 1. The van der Waals surface area contributed by atoms with Crippen LogP contribution in [-0.4, -0.2) is 5.97 Å². The Labute approximate surface area is 167 Å². The van der Waals surface area contributed by atoms with Crippen molar-refractivity contribution in [3.8, 4) is 5.75 Å². The van der Waals surface area contributed by atoms with E-state index in [-0.39, 0.29) is 17.6 Å². The number of carbonyl (C=O) groups is 1. The van der Waals surface area contributed by atoms with Crippen molar-refractivity contribution in [3.05, 3.63) is 42.5 Å². The highest BCUT2D eigenvalue weighted by Gasteiger charge is 2.33. The standard InChI is InChI=1S/C24H32F2O2/c1-2-3-4-5-17-6-8-18(9-7-17)19-10-12-20(13-11-19)24(27)28-21-14-15-22(25)23(26)16-21/h2,14-20H,1,3-13H2/t17-,18-,19-,20-. The number of hydrogen-bond acceptors (Lipinski definition) is 2. The zero-order chi connectivity index (χ0) is 19.9. The second-order valence-corrected chi connectivity index (χ2v) is 8.61. The van der Waals surface area contributed by atoms with Crippen LogP contribution in [0.15, 0.2) is 30.9 Å². The smallest absolute Gasteiger partial charge is 0.314 e. The van der Waals surface area contributed by atoms with Crippen molar-refractivity contribution in [2.75, 3.05) is 0 Å². The van der Waals surface area contributed by atoms with Gasteiger partial charge in [0.15, 0.2) is 11.6 Å². The molecule has 0 aliphatic heterocycles. The van der Waals surface area contributed by atoms with Crippen molar-refractivity contribution in [1.29, 1.82) is 0 Å². The van der Waals surface area contributed by atoms with Crippen LogP contribution >= 0.6 is 0 Å². The van der Waals surface area contributed by atoms with Gasteiger partial charge in [-0.25, -0.2) is 8.78 Å². The molecule has 2 nitrogen and oxygen atoms in total. The minimum Gasteiger partial charge on any atom is -0.426 e. The molecule has 2 fully saturated rings. The Morgan fingerprint density at radius 1 is 1.00 bits per heavy atom. The molecule has 28 heavy (non-hydrogen) atoms. The number of esters is 1. The van der Waals surface area contributed by atoms with Gasteiger partial charge in [-0.3, -0.25) is 4.79 Å². The van der Waals surface area contributed by atoms with Gasteiger partial charge < -0.3 is 4.74 Å². The van der Waals surface area contributed by atoms with Crippen LogP contribution in [-0.2, 0) is 4.79 Å². The third kappa shape index (κ3) is 5.65. The number of halogens is 2. The Bertz CT molecular complexity index is 657. The third-order valence-corrected chi connectivity index (χ3v) is 6.79. The first-order valence-corrected chi connectivity index (χ1v) is 10.8. The van der Waals surface area contributed by atoms with Crippen LogP contribution in [0.5, 0.6) is 5.75 Å². The lowest BCUT2D eigenvalue weighted by Crippen LogP contribution is -2.30. The minimum atomic E-state index is -0.992. The number of unbranched alkanes of at least 4 members (excludes halogenated alkanes) is 1. The molecule has 2 saturated carbocycles. The Kier molecular flexibility index (Phi) is 7.64. The molecule has 0 unspecified atom stereocenters. The second kappa shape index (κ2) is 10.2. The zero-order valence-corrected chi connectivity index (χ0v) is 16.7. The highest BCUT2D eigenvalue weighted by atomic mass is 19.2. The summed E-state index contributed by atoms with van der Waals surface area (Å²) in [5, 5.41) is 0. The Hall–Kier alpha value is -1.71. The molecule has 1 aromatic rings. The first-order valence-electron chi connectivity index (χ1n) is 10.8. The van der Waals surface area contributed by atoms with Crippen LogP contribution < -0.4 is 4.74 Å². The van der Waals surface area contributed by atoms with Crippen LogP contribution in [0, 0.1) is 35.3 Å². The van der Waals surface area contributed by atoms with Gasteiger partial charge in [0.1, 0.15) is 5.75 Å². The van der Waals surface area contributed by atoms with E-state index in [1.54, 1.807) is 0 Å². The van der Waals surface area contributed by atoms with Crippen molar-refractivity contribution in [2.45, 2.75) is 70.6 Å². The van der Waals surface area contributed by atoms with Crippen molar-refractivity contribution in [3.63, 3.8) is 0 Å². The molecule has 0 spiro atoms. The molecule has 0 atom stereocenters. The Morgan fingerprint density at radius 3 is 2.25 bits per heavy atom. The summed E-state index contributed by atoms with van der Waals surface area (Å²) in [6, 6.07) is 3.23. The van der Waals surface area contributed by atoms with E-state index in [9.17, 15) is 13.6 Å². The molecule has 3 rings (SSSR count). The number of hydrogen-bond donors (Lipinski definition) is 0. The summed E-state index contributed by atoms with van der Waals surface area (Å²) in [4.78, 5) is 12.4. The number of rotatable bonds is 7. The van der Waals surface area contributed by atoms with Crippen LogP contribution in [0.3, 0.4) is 0 Å². The Morgan fingerprint density at radius 2 is 1.64 bits per heavy atom. The lowest BCUT2D eigenvalue weighted by molar-refractivity contribution is -0.140. The maximum atomic E-state index is 13.3. The SMILES string of the molecule is C=CCCC[C@H]1CC[C@H]([C@H]2CC[C@H](C(=O)Oc3ccc(F)c(F)c3)CC2)CC1. The van der Waals surface area contributed by atoms with Gasteiger partial charge >= 0.3 is 5.97 Å². The molecule has 0 aromatic heterocycles. The van der Waals surface area contributed by atoms with E-state index in [4.69, 9.17) is 4.74 Å². The van der Waals surface area contributed by atoms with Crippen LogP contribution in [0.4, 0.5) is 8.78 Å². The van der Waals surface area contributed by atoms with Crippen molar-refractivity contribution in [1.82, 2.24) is 0 Å². The molecule has 0 radical (unpaired) electrons. The average molecular weight is 391 g/mol. The number of carbonyl (C=O) groups excluding carboxylic acids is 1. The van der Waals surface area contributed by atoms with Gasteiger partial charge in [0, 0.05) is 6.07 Å². The van der Waals surface area contributed by atoms with Gasteiger partial charge in [0.05, 0.1) is 5.92 Å². The molecular weight excluding hydrogens is 358 g/mol. The molecule has 2 aliphatic rings. The fourth-order valence-electron chi connectivity index (χ4n) is 5.07. The Balaban J connectivity index is 1.40. The summed E-state index contributed by atoms with van der Waals surface area (Å²) in [7, 11) is 0. The van der Waals surface area contributed by atoms with E-state index in [2.05, 4.69) is 6.58 Å². The summed E-state index contributed by atoms with van der Waals surface area (Å²) in [6.07, 6.45) is 14.9. The monoisotopic (exact) mass is 390 g/mol. The van der Waals surface area contributed by atoms with E-state index < -0.39 is 11.6 Å². The van der Waals surface area contributed by atoms with Crippen molar-refractivity contribution < 1.29 is 18.3 Å². The zero-order valence-electron chi connectivity index (χ0n) is 16.7. The van der Waals surface area contributed by atoms with Crippen molar-refractivity contribution >= 4 is 5.97 Å². The van der Waals surface area contributed by atoms with Gasteiger partial charge in [-0.15, -0.1) is 6.58 Å². The highest BCUT2D eigenvalue weighted by Crippen LogP contribution is 2.42. The van der Waals surface area contributed by atoms with Gasteiger partial charge in [0.25, 0.3) is 0 Å². The van der Waals surface area contributed by atoms with E-state index in [0.29, 0.717) is 0 Å². The first-order chi connectivity index (χ1) is 13.6. The molecule has 1 aromatic carbocycles. The molecule has 0 bridgehead atoms. The molecule has 0 saturated heterocycles. The van der Waals surface area contributed by atoms with Gasteiger partial charge in [0.2, 0.25) is 0 Å². The number of ether oxygens (including phenoxy) is 1. The molecule has 0 amide bonds. The van der Waals surface area contributed by atoms with Gasteiger partial charge in [-0.1, -0.05) is 25.3 Å². The normalized spacial score (nSPS) is 27.9. The largest absolute Gasteiger partial charge is 0.426 e. The lowest BCUT2D eigenvalue weighted by atomic mass is 9.68. The summed E-state index contributed by atoms with van der Waals surface area (Å²) >= 11 is 0. The predicted octanol–water partition coefficient (Wildman–Crippen LogP) is 6.84. The first kappa shape index (κ1) is 21.0. The number of benzene rings is 1. The summed E-state index contributed by atoms with van der Waals surface area (Å²) < 4.78 is 31.5. The highest BCUT2D eigenvalue weighted by molar-refractivity contribution is 5.75. The minimum absolute atomic E-state index is 0.0841. The molecule has 4 heteroatoms. The van der Waals surface area contributed by atoms with Crippen LogP contribution in [0.2, 0.25) is 0 Å². The van der Waals surface area contributed by atoms with E-state index in [1.165, 1.54) is 44.6 Å². The predicted molar refractivity (Wildman–Crippen MR) is 107 cm³/mol. The van der Waals surface area contributed by atoms with E-state index in [1.807, 2.05) is 6.08 Å². The van der Waals surface area contributed by atoms with Crippen LogP contribution in [0.1, 0.15) is 70.6 Å². The van der Waals surface area contributed by atoms with Gasteiger partial charge in [-0.05, 0) is 81.3 Å². The topological polar surface area (TPSA) is 26.3 Å². The average Bonchev–Trinajstić information content (AvgIpc) is 2.72. The maximum Gasteiger partial charge on any atom is 0.314 e.